The number of carbonyl (C=O) groups excluding carboxylic acids is 1. The third-order valence-electron chi connectivity index (χ3n) is 5.28. The smallest absolute Gasteiger partial charge is 0.407 e. The van der Waals surface area contributed by atoms with Crippen molar-refractivity contribution in [3.05, 3.63) is 35.9 Å². The molecule has 1 saturated carbocycles. The van der Waals surface area contributed by atoms with E-state index in [1.165, 1.54) is 0 Å². The van der Waals surface area contributed by atoms with Crippen LogP contribution in [0.5, 0.6) is 0 Å². The molecule has 0 saturated heterocycles. The lowest BCUT2D eigenvalue weighted by Gasteiger charge is -2.35. The fourth-order valence-electron chi connectivity index (χ4n) is 3.48. The Bertz CT molecular complexity index is 676. The van der Waals surface area contributed by atoms with Crippen molar-refractivity contribution in [2.45, 2.75) is 51.9 Å². The number of rotatable bonds is 20. The number of alkyl carbamates (subject to hydrolysis) is 1. The van der Waals surface area contributed by atoms with Gasteiger partial charge in [0, 0.05) is 12.6 Å². The molecule has 1 fully saturated rings. The lowest BCUT2D eigenvalue weighted by atomic mass is 9.81. The maximum Gasteiger partial charge on any atom is 0.407 e. The Balaban J connectivity index is 1.23. The van der Waals surface area contributed by atoms with Crippen LogP contribution in [-0.2, 0) is 39.8 Å². The van der Waals surface area contributed by atoms with Crippen molar-refractivity contribution >= 4 is 6.09 Å². The first kappa shape index (κ1) is 30.5. The summed E-state index contributed by atoms with van der Waals surface area (Å²) in [5.74, 6) is 0.478. The average Bonchev–Trinajstić information content (AvgIpc) is 2.81. The Morgan fingerprint density at radius 2 is 1.22 bits per heavy atom. The molecule has 0 unspecified atom stereocenters. The van der Waals surface area contributed by atoms with E-state index in [-0.39, 0.29) is 12.1 Å². The highest BCUT2D eigenvalue weighted by molar-refractivity contribution is 5.68. The maximum atomic E-state index is 11.7. The highest BCUT2D eigenvalue weighted by atomic mass is 16.6. The van der Waals surface area contributed by atoms with E-state index in [9.17, 15) is 4.79 Å². The Morgan fingerprint density at radius 3 is 1.72 bits per heavy atom. The molecule has 0 heterocycles. The van der Waals surface area contributed by atoms with Gasteiger partial charge in [0.1, 0.15) is 5.60 Å². The SMILES string of the molecule is CC(C)(C)OC(=O)N[C@H]1C[C@H](COCCOCCOCCOCCOCCOCc2ccccc2)C1. The summed E-state index contributed by atoms with van der Waals surface area (Å²) in [6, 6.07) is 10.3. The topological polar surface area (TPSA) is 93.7 Å². The van der Waals surface area contributed by atoms with E-state index in [4.69, 9.17) is 33.2 Å². The van der Waals surface area contributed by atoms with E-state index in [1.807, 2.05) is 51.1 Å². The molecule has 206 valence electrons. The number of ether oxygens (including phenoxy) is 7. The number of nitrogens with one attached hydrogen (secondary N) is 1. The van der Waals surface area contributed by atoms with Crippen molar-refractivity contribution in [1.82, 2.24) is 5.32 Å². The molecule has 0 bridgehead atoms. The molecule has 1 aromatic rings. The highest BCUT2D eigenvalue weighted by Crippen LogP contribution is 2.27. The summed E-state index contributed by atoms with van der Waals surface area (Å²) in [5, 5.41) is 2.89. The molecule has 9 heteroatoms. The first-order valence-electron chi connectivity index (χ1n) is 12.9. The van der Waals surface area contributed by atoms with Crippen LogP contribution in [0, 0.1) is 5.92 Å². The summed E-state index contributed by atoms with van der Waals surface area (Å²) in [4.78, 5) is 11.7. The monoisotopic (exact) mass is 511 g/mol. The Kier molecular flexibility index (Phi) is 15.6. The number of hydrogen-bond donors (Lipinski definition) is 1. The van der Waals surface area contributed by atoms with Crippen LogP contribution in [0.3, 0.4) is 0 Å². The third kappa shape index (κ3) is 16.1. The molecule has 9 nitrogen and oxygen atoms in total. The van der Waals surface area contributed by atoms with Crippen molar-refractivity contribution in [3.63, 3.8) is 0 Å². The summed E-state index contributed by atoms with van der Waals surface area (Å²) in [7, 11) is 0. The first-order valence-corrected chi connectivity index (χ1v) is 12.9. The van der Waals surface area contributed by atoms with Gasteiger partial charge in [-0.05, 0) is 45.1 Å². The minimum atomic E-state index is -0.468. The van der Waals surface area contributed by atoms with Gasteiger partial charge in [0.05, 0.1) is 72.7 Å². The van der Waals surface area contributed by atoms with Crippen molar-refractivity contribution in [2.24, 2.45) is 5.92 Å². The second-order valence-electron chi connectivity index (χ2n) is 9.74. The molecule has 0 aliphatic heterocycles. The first-order chi connectivity index (χ1) is 17.4. The minimum Gasteiger partial charge on any atom is -0.444 e. The molecule has 0 radical (unpaired) electrons. The maximum absolute atomic E-state index is 11.7. The average molecular weight is 512 g/mol. The summed E-state index contributed by atoms with van der Waals surface area (Å²) < 4.78 is 38.4. The van der Waals surface area contributed by atoms with E-state index in [0.717, 1.165) is 18.4 Å². The van der Waals surface area contributed by atoms with Gasteiger partial charge in [0.25, 0.3) is 0 Å². The molecule has 36 heavy (non-hydrogen) atoms. The summed E-state index contributed by atoms with van der Waals surface area (Å²) in [5.41, 5.74) is 0.693. The number of carbonyl (C=O) groups is 1. The van der Waals surface area contributed by atoms with Crippen LogP contribution in [0.15, 0.2) is 30.3 Å². The molecule has 0 atom stereocenters. The van der Waals surface area contributed by atoms with E-state index < -0.39 is 5.60 Å². The van der Waals surface area contributed by atoms with Crippen LogP contribution in [0.4, 0.5) is 4.79 Å². The van der Waals surface area contributed by atoms with Crippen molar-refractivity contribution < 1.29 is 38.0 Å². The number of amides is 1. The van der Waals surface area contributed by atoms with E-state index >= 15 is 0 Å². The molecule has 0 aromatic heterocycles. The lowest BCUT2D eigenvalue weighted by molar-refractivity contribution is -0.0224. The van der Waals surface area contributed by atoms with Gasteiger partial charge in [-0.2, -0.15) is 0 Å². The highest BCUT2D eigenvalue weighted by Gasteiger charge is 2.31. The van der Waals surface area contributed by atoms with Crippen LogP contribution in [0.1, 0.15) is 39.2 Å². The summed E-state index contributed by atoms with van der Waals surface area (Å²) in [6.45, 7) is 12.3. The van der Waals surface area contributed by atoms with Crippen molar-refractivity contribution in [2.75, 3.05) is 72.7 Å². The minimum absolute atomic E-state index is 0.183. The Hall–Kier alpha value is -1.75. The van der Waals surface area contributed by atoms with Gasteiger partial charge in [-0.15, -0.1) is 0 Å². The second kappa shape index (κ2) is 18.5. The zero-order valence-corrected chi connectivity index (χ0v) is 22.2. The number of hydrogen-bond acceptors (Lipinski definition) is 8. The summed E-state index contributed by atoms with van der Waals surface area (Å²) >= 11 is 0. The molecule has 1 N–H and O–H groups in total. The van der Waals surface area contributed by atoms with Gasteiger partial charge >= 0.3 is 6.09 Å². The molecule has 2 rings (SSSR count). The Labute approximate surface area is 216 Å². The standard InChI is InChI=1S/C27H45NO8/c1-27(2,3)36-26(29)28-25-19-24(20-25)22-35-18-16-33-14-12-31-10-9-30-11-13-32-15-17-34-21-23-7-5-4-6-8-23/h4-8,24-25H,9-22H2,1-3H3,(H,28,29)/t24-,25-. The zero-order chi connectivity index (χ0) is 25.9. The molecule has 1 aliphatic carbocycles. The van der Waals surface area contributed by atoms with E-state index in [0.29, 0.717) is 85.2 Å². The normalized spacial score (nSPS) is 17.5. The molecule has 1 aromatic carbocycles. The van der Waals surface area contributed by atoms with Gasteiger partial charge in [-0.1, -0.05) is 30.3 Å². The molecule has 1 amide bonds. The second-order valence-corrected chi connectivity index (χ2v) is 9.74. The quantitative estimate of drug-likeness (QED) is 0.266. The van der Waals surface area contributed by atoms with Crippen LogP contribution in [-0.4, -0.2) is 90.4 Å². The predicted octanol–water partition coefficient (Wildman–Crippen LogP) is 3.59. The van der Waals surface area contributed by atoms with Gasteiger partial charge < -0.3 is 38.5 Å². The fourth-order valence-corrected chi connectivity index (χ4v) is 3.48. The van der Waals surface area contributed by atoms with Gasteiger partial charge in [0.15, 0.2) is 0 Å². The largest absolute Gasteiger partial charge is 0.444 e. The molecule has 1 aliphatic rings. The summed E-state index contributed by atoms with van der Waals surface area (Å²) in [6.07, 6.45) is 1.50. The van der Waals surface area contributed by atoms with Crippen molar-refractivity contribution in [1.29, 1.82) is 0 Å². The van der Waals surface area contributed by atoms with Gasteiger partial charge in [-0.3, -0.25) is 0 Å². The predicted molar refractivity (Wildman–Crippen MR) is 136 cm³/mol. The van der Waals surface area contributed by atoms with Crippen LogP contribution in [0.25, 0.3) is 0 Å². The molecule has 0 spiro atoms. The van der Waals surface area contributed by atoms with E-state index in [2.05, 4.69) is 5.32 Å². The fraction of sp³-hybridized carbons (Fsp3) is 0.741. The van der Waals surface area contributed by atoms with E-state index in [1.54, 1.807) is 0 Å². The molecular formula is C27H45NO8. The Morgan fingerprint density at radius 1 is 0.750 bits per heavy atom. The van der Waals surface area contributed by atoms with Gasteiger partial charge in [-0.25, -0.2) is 4.79 Å². The third-order valence-corrected chi connectivity index (χ3v) is 5.28. The van der Waals surface area contributed by atoms with Crippen LogP contribution < -0.4 is 5.32 Å². The van der Waals surface area contributed by atoms with Gasteiger partial charge in [0.2, 0.25) is 0 Å². The van der Waals surface area contributed by atoms with Crippen LogP contribution in [0.2, 0.25) is 0 Å². The molecular weight excluding hydrogens is 466 g/mol. The van der Waals surface area contributed by atoms with Crippen LogP contribution >= 0.6 is 0 Å². The van der Waals surface area contributed by atoms with Crippen molar-refractivity contribution in [3.8, 4) is 0 Å². The lowest BCUT2D eigenvalue weighted by Crippen LogP contribution is -2.47. The number of benzene rings is 1. The zero-order valence-electron chi connectivity index (χ0n) is 22.2.